The molecule has 0 saturated carbocycles. The van der Waals surface area contributed by atoms with Crippen LogP contribution in [0.2, 0.25) is 10.0 Å². The van der Waals surface area contributed by atoms with Gasteiger partial charge in [-0.2, -0.15) is 0 Å². The third kappa shape index (κ3) is 4.98. The van der Waals surface area contributed by atoms with Gasteiger partial charge in [0.15, 0.2) is 23.8 Å². The average Bonchev–Trinajstić information content (AvgIpc) is 3.11. The van der Waals surface area contributed by atoms with Gasteiger partial charge in [0.25, 0.3) is 5.69 Å². The van der Waals surface area contributed by atoms with Crippen LogP contribution in [0.15, 0.2) is 41.0 Å². The number of aliphatic imine (C=N–C) groups is 1. The van der Waals surface area contributed by atoms with E-state index in [-0.39, 0.29) is 51.0 Å². The highest BCUT2D eigenvalue weighted by atomic mass is 35.5. The van der Waals surface area contributed by atoms with E-state index in [0.717, 1.165) is 6.07 Å². The van der Waals surface area contributed by atoms with E-state index in [1.54, 1.807) is 0 Å². The minimum atomic E-state index is -0.754. The minimum absolute atomic E-state index is 0.00354. The molecule has 3 rings (SSSR count). The van der Waals surface area contributed by atoms with Gasteiger partial charge in [-0.05, 0) is 29.8 Å². The zero-order valence-corrected chi connectivity index (χ0v) is 18.1. The Morgan fingerprint density at radius 1 is 1.22 bits per heavy atom. The lowest BCUT2D eigenvalue weighted by Crippen LogP contribution is -2.13. The fraction of sp³-hybridized carbons (Fsp3) is 0.150. The molecule has 0 N–H and O–H groups in total. The average molecular weight is 481 g/mol. The molecule has 0 fully saturated rings. The molecule has 10 nitrogen and oxygen atoms in total. The molecule has 1 aliphatic heterocycles. The second-order valence-corrected chi connectivity index (χ2v) is 6.97. The summed E-state index contributed by atoms with van der Waals surface area (Å²) in [4.78, 5) is 38.0. The van der Waals surface area contributed by atoms with Crippen LogP contribution < -0.4 is 9.47 Å². The Bertz CT molecular complexity index is 1180. The molecule has 166 valence electrons. The van der Waals surface area contributed by atoms with Crippen LogP contribution in [0.25, 0.3) is 6.08 Å². The molecule has 0 aliphatic carbocycles. The normalized spacial score (nSPS) is 14.1. The summed E-state index contributed by atoms with van der Waals surface area (Å²) in [5.74, 6) is -1.12. The number of nitro benzene ring substituents is 1. The van der Waals surface area contributed by atoms with Crippen LogP contribution >= 0.6 is 23.2 Å². The molecule has 32 heavy (non-hydrogen) atoms. The summed E-state index contributed by atoms with van der Waals surface area (Å²) in [5.41, 5.74) is 0.381. The van der Waals surface area contributed by atoms with Crippen molar-refractivity contribution in [3.63, 3.8) is 0 Å². The molecule has 2 aromatic rings. The fourth-order valence-corrected chi connectivity index (χ4v) is 3.16. The summed E-state index contributed by atoms with van der Waals surface area (Å²) in [7, 11) is 2.60. The van der Waals surface area contributed by atoms with E-state index in [9.17, 15) is 19.7 Å². The lowest BCUT2D eigenvalue weighted by atomic mass is 10.1. The summed E-state index contributed by atoms with van der Waals surface area (Å²) >= 11 is 12.3. The number of carbonyl (C=O) groups is 2. The van der Waals surface area contributed by atoms with E-state index in [1.165, 1.54) is 44.6 Å². The number of cyclic esters (lactones) is 1. The Kier molecular flexibility index (Phi) is 6.96. The third-order valence-corrected chi connectivity index (χ3v) is 4.73. The Morgan fingerprint density at radius 2 is 1.97 bits per heavy atom. The van der Waals surface area contributed by atoms with Gasteiger partial charge in [0.1, 0.15) is 0 Å². The molecule has 0 bridgehead atoms. The number of hydrogen-bond donors (Lipinski definition) is 0. The van der Waals surface area contributed by atoms with Crippen molar-refractivity contribution in [2.45, 2.75) is 0 Å². The van der Waals surface area contributed by atoms with Crippen molar-refractivity contribution in [3.05, 3.63) is 67.3 Å². The Labute approximate surface area is 191 Å². The molecule has 12 heteroatoms. The predicted molar refractivity (Wildman–Crippen MR) is 114 cm³/mol. The van der Waals surface area contributed by atoms with E-state index in [4.69, 9.17) is 37.4 Å². The Balaban J connectivity index is 1.92. The van der Waals surface area contributed by atoms with Gasteiger partial charge in [-0.15, -0.1) is 0 Å². The van der Waals surface area contributed by atoms with Gasteiger partial charge in [-0.3, -0.25) is 10.1 Å². The van der Waals surface area contributed by atoms with Crippen LogP contribution in [0.1, 0.15) is 11.1 Å². The number of carbonyl (C=O) groups excluding carboxylic acids is 2. The maximum atomic E-state index is 12.3. The number of hydrogen-bond acceptors (Lipinski definition) is 9. The maximum absolute atomic E-state index is 12.3. The summed E-state index contributed by atoms with van der Waals surface area (Å²) in [6.07, 6.45) is 1.40. The number of nitro groups is 1. The van der Waals surface area contributed by atoms with Crippen LogP contribution in [0.3, 0.4) is 0 Å². The standard InChI is InChI=1S/C20H14Cl2N2O8/c1-29-16-7-10(5-14(22)18(16)31-9-17(25)30-2)6-15-20(26)32-19(23-15)12-4-3-11(24(27)28)8-13(12)21/h3-8H,9H2,1-2H3/b15-6-. The minimum Gasteiger partial charge on any atom is -0.493 e. The van der Waals surface area contributed by atoms with Crippen molar-refractivity contribution in [2.75, 3.05) is 20.8 Å². The van der Waals surface area contributed by atoms with Crippen LogP contribution in [-0.4, -0.2) is 43.6 Å². The quantitative estimate of drug-likeness (QED) is 0.253. The van der Waals surface area contributed by atoms with Gasteiger partial charge in [0.2, 0.25) is 5.90 Å². The summed E-state index contributed by atoms with van der Waals surface area (Å²) in [6.45, 7) is -0.372. The molecular formula is C20H14Cl2N2O8. The molecule has 0 aromatic heterocycles. The largest absolute Gasteiger partial charge is 0.493 e. The van der Waals surface area contributed by atoms with Crippen molar-refractivity contribution >= 4 is 52.8 Å². The van der Waals surface area contributed by atoms with Gasteiger partial charge in [-0.1, -0.05) is 23.2 Å². The fourth-order valence-electron chi connectivity index (χ4n) is 2.63. The predicted octanol–water partition coefficient (Wildman–Crippen LogP) is 3.81. The number of halogens is 2. The molecule has 0 atom stereocenters. The second kappa shape index (κ2) is 9.67. The molecule has 0 saturated heterocycles. The monoisotopic (exact) mass is 480 g/mol. The number of ether oxygens (including phenoxy) is 4. The Hall–Kier alpha value is -3.63. The summed E-state index contributed by atoms with van der Waals surface area (Å²) in [5, 5.41) is 11.0. The highest BCUT2D eigenvalue weighted by molar-refractivity contribution is 6.35. The highest BCUT2D eigenvalue weighted by Crippen LogP contribution is 2.37. The van der Waals surface area contributed by atoms with Crippen LogP contribution in [0.4, 0.5) is 5.69 Å². The van der Waals surface area contributed by atoms with Gasteiger partial charge in [0.05, 0.1) is 34.8 Å². The van der Waals surface area contributed by atoms with Crippen molar-refractivity contribution in [1.29, 1.82) is 0 Å². The first-order valence-electron chi connectivity index (χ1n) is 8.77. The van der Waals surface area contributed by atoms with E-state index < -0.39 is 16.9 Å². The highest BCUT2D eigenvalue weighted by Gasteiger charge is 2.27. The first-order valence-corrected chi connectivity index (χ1v) is 9.53. The van der Waals surface area contributed by atoms with E-state index in [1.807, 2.05) is 0 Å². The maximum Gasteiger partial charge on any atom is 0.363 e. The molecule has 0 unspecified atom stereocenters. The molecular weight excluding hydrogens is 467 g/mol. The van der Waals surface area contributed by atoms with Gasteiger partial charge < -0.3 is 18.9 Å². The first-order chi connectivity index (χ1) is 15.2. The third-order valence-electron chi connectivity index (χ3n) is 4.13. The van der Waals surface area contributed by atoms with Crippen LogP contribution in [0, 0.1) is 10.1 Å². The number of non-ortho nitro benzene ring substituents is 1. The van der Waals surface area contributed by atoms with Crippen LogP contribution in [-0.2, 0) is 19.1 Å². The van der Waals surface area contributed by atoms with E-state index in [2.05, 4.69) is 9.73 Å². The topological polar surface area (TPSA) is 127 Å². The van der Waals surface area contributed by atoms with Gasteiger partial charge >= 0.3 is 11.9 Å². The van der Waals surface area contributed by atoms with Gasteiger partial charge in [-0.25, -0.2) is 14.6 Å². The number of esters is 2. The van der Waals surface area contributed by atoms with Crippen LogP contribution in [0.5, 0.6) is 11.5 Å². The number of nitrogens with zero attached hydrogens (tertiary/aromatic N) is 2. The zero-order valence-electron chi connectivity index (χ0n) is 16.6. The molecule has 2 aromatic carbocycles. The Morgan fingerprint density at radius 3 is 2.59 bits per heavy atom. The zero-order chi connectivity index (χ0) is 23.4. The van der Waals surface area contributed by atoms with Crippen molar-refractivity contribution < 1.29 is 33.5 Å². The second-order valence-electron chi connectivity index (χ2n) is 6.16. The van der Waals surface area contributed by atoms with E-state index >= 15 is 0 Å². The molecule has 0 amide bonds. The van der Waals surface area contributed by atoms with E-state index in [0.29, 0.717) is 5.56 Å². The number of benzene rings is 2. The van der Waals surface area contributed by atoms with Crippen molar-refractivity contribution in [3.8, 4) is 11.5 Å². The molecule has 0 spiro atoms. The first kappa shape index (κ1) is 23.0. The summed E-state index contributed by atoms with van der Waals surface area (Å²) < 4.78 is 20.2. The lowest BCUT2D eigenvalue weighted by molar-refractivity contribution is -0.384. The lowest BCUT2D eigenvalue weighted by Gasteiger charge is -2.12. The molecule has 1 aliphatic rings. The SMILES string of the molecule is COC(=O)COc1c(Cl)cc(/C=C2\N=C(c3ccc([N+](=O)[O-])cc3Cl)OC2=O)cc1OC. The number of methoxy groups -OCH3 is 2. The van der Waals surface area contributed by atoms with Gasteiger partial charge in [0, 0.05) is 12.1 Å². The molecule has 1 heterocycles. The summed E-state index contributed by atoms with van der Waals surface area (Å²) in [6, 6.07) is 6.68. The van der Waals surface area contributed by atoms with Crippen molar-refractivity contribution in [1.82, 2.24) is 0 Å². The van der Waals surface area contributed by atoms with Crippen molar-refractivity contribution in [2.24, 2.45) is 4.99 Å². The molecule has 0 radical (unpaired) electrons. The number of rotatable bonds is 7. The smallest absolute Gasteiger partial charge is 0.363 e.